The summed E-state index contributed by atoms with van der Waals surface area (Å²) in [5.74, 6) is -1.22. The Morgan fingerprint density at radius 2 is 1.74 bits per heavy atom. The lowest BCUT2D eigenvalue weighted by atomic mass is 9.85. The normalized spacial score (nSPS) is 12.5. The van der Waals surface area contributed by atoms with Crippen LogP contribution in [0.25, 0.3) is 0 Å². The van der Waals surface area contributed by atoms with E-state index in [2.05, 4.69) is 10.6 Å². The topological polar surface area (TPSA) is 98.7 Å². The lowest BCUT2D eigenvalue weighted by Gasteiger charge is -2.30. The van der Waals surface area contributed by atoms with E-state index < -0.39 is 18.0 Å². The number of carbonyl (C=O) groups excluding carboxylic acids is 2. The molecule has 3 N–H and O–H groups in total. The van der Waals surface area contributed by atoms with Gasteiger partial charge in [-0.05, 0) is 5.41 Å². The average Bonchev–Trinajstić information content (AvgIpc) is 2.22. The van der Waals surface area contributed by atoms with E-state index >= 15 is 0 Å². The van der Waals surface area contributed by atoms with Crippen molar-refractivity contribution in [3.05, 3.63) is 0 Å². The number of carboxylic acid groups (broad SMARTS) is 1. The zero-order valence-corrected chi connectivity index (χ0v) is 12.1. The van der Waals surface area contributed by atoms with Gasteiger partial charge in [0.1, 0.15) is 0 Å². The fourth-order valence-corrected chi connectivity index (χ4v) is 1.27. The smallest absolute Gasteiger partial charge is 0.315 e. The Hall–Kier alpha value is -1.79. The molecule has 0 saturated carbocycles. The molecule has 19 heavy (non-hydrogen) atoms. The molecule has 7 heteroatoms. The quantitative estimate of drug-likeness (QED) is 0.669. The highest BCUT2D eigenvalue weighted by Crippen LogP contribution is 2.21. The highest BCUT2D eigenvalue weighted by molar-refractivity contribution is 5.84. The predicted molar refractivity (Wildman–Crippen MR) is 70.7 cm³/mol. The average molecular weight is 273 g/mol. The molecule has 110 valence electrons. The summed E-state index contributed by atoms with van der Waals surface area (Å²) >= 11 is 0. The van der Waals surface area contributed by atoms with Gasteiger partial charge in [0.25, 0.3) is 0 Å². The minimum Gasteiger partial charge on any atom is -0.481 e. The van der Waals surface area contributed by atoms with Gasteiger partial charge in [-0.25, -0.2) is 4.79 Å². The van der Waals surface area contributed by atoms with Gasteiger partial charge in [0, 0.05) is 20.1 Å². The lowest BCUT2D eigenvalue weighted by Crippen LogP contribution is -2.50. The van der Waals surface area contributed by atoms with Crippen molar-refractivity contribution in [2.45, 2.75) is 33.2 Å². The molecule has 1 unspecified atom stereocenters. The van der Waals surface area contributed by atoms with Crippen LogP contribution in [0.1, 0.15) is 27.2 Å². The standard InChI is InChI=1S/C12H23N3O4/c1-12(2,3)8(6-10(17)18)14-11(19)13-7-9(16)15(4)5/h8H,6-7H2,1-5H3,(H,17,18)(H2,13,14,19). The van der Waals surface area contributed by atoms with Crippen molar-refractivity contribution in [2.75, 3.05) is 20.6 Å². The lowest BCUT2D eigenvalue weighted by molar-refractivity contribution is -0.138. The summed E-state index contributed by atoms with van der Waals surface area (Å²) in [6.07, 6.45) is -0.168. The molecule has 0 aliphatic carbocycles. The van der Waals surface area contributed by atoms with Crippen LogP contribution in [0.4, 0.5) is 4.79 Å². The summed E-state index contributed by atoms with van der Waals surface area (Å²) in [5, 5.41) is 13.8. The molecule has 0 radical (unpaired) electrons. The zero-order chi connectivity index (χ0) is 15.2. The molecule has 0 aromatic heterocycles. The van der Waals surface area contributed by atoms with Gasteiger partial charge in [-0.3, -0.25) is 9.59 Å². The molecule has 0 saturated heterocycles. The van der Waals surface area contributed by atoms with E-state index in [1.807, 2.05) is 20.8 Å². The van der Waals surface area contributed by atoms with Crippen LogP contribution in [0.15, 0.2) is 0 Å². The van der Waals surface area contributed by atoms with Crippen LogP contribution >= 0.6 is 0 Å². The van der Waals surface area contributed by atoms with Gasteiger partial charge in [0.15, 0.2) is 0 Å². The highest BCUT2D eigenvalue weighted by atomic mass is 16.4. The van der Waals surface area contributed by atoms with E-state index in [1.54, 1.807) is 14.1 Å². The summed E-state index contributed by atoms with van der Waals surface area (Å²) in [5.41, 5.74) is -0.388. The van der Waals surface area contributed by atoms with Crippen LogP contribution in [0.5, 0.6) is 0 Å². The second-order valence-corrected chi connectivity index (χ2v) is 5.63. The Morgan fingerprint density at radius 3 is 2.11 bits per heavy atom. The van der Waals surface area contributed by atoms with Gasteiger partial charge in [-0.15, -0.1) is 0 Å². The van der Waals surface area contributed by atoms with Crippen molar-refractivity contribution < 1.29 is 19.5 Å². The number of rotatable bonds is 5. The maximum Gasteiger partial charge on any atom is 0.315 e. The number of likely N-dealkylation sites (N-methyl/N-ethyl adjacent to an activating group) is 1. The first kappa shape index (κ1) is 17.2. The number of urea groups is 1. The number of hydrogen-bond donors (Lipinski definition) is 3. The number of amides is 3. The summed E-state index contributed by atoms with van der Waals surface area (Å²) in [4.78, 5) is 35.0. The zero-order valence-electron chi connectivity index (χ0n) is 12.1. The van der Waals surface area contributed by atoms with Crippen molar-refractivity contribution >= 4 is 17.9 Å². The number of nitrogens with zero attached hydrogens (tertiary/aromatic N) is 1. The number of carbonyl (C=O) groups is 3. The molecular weight excluding hydrogens is 250 g/mol. The molecule has 7 nitrogen and oxygen atoms in total. The van der Waals surface area contributed by atoms with Crippen molar-refractivity contribution in [3.8, 4) is 0 Å². The molecular formula is C12H23N3O4. The molecule has 0 aliphatic heterocycles. The fraction of sp³-hybridized carbons (Fsp3) is 0.750. The van der Waals surface area contributed by atoms with Crippen molar-refractivity contribution in [3.63, 3.8) is 0 Å². The van der Waals surface area contributed by atoms with Crippen LogP contribution in [-0.4, -0.2) is 54.6 Å². The third kappa shape index (κ3) is 7.28. The second kappa shape index (κ2) is 6.96. The summed E-state index contributed by atoms with van der Waals surface area (Å²) in [6.45, 7) is 5.40. The van der Waals surface area contributed by atoms with Gasteiger partial charge in [0.2, 0.25) is 5.91 Å². The fourth-order valence-electron chi connectivity index (χ4n) is 1.27. The van der Waals surface area contributed by atoms with Crippen LogP contribution in [0.3, 0.4) is 0 Å². The van der Waals surface area contributed by atoms with E-state index in [1.165, 1.54) is 4.90 Å². The minimum atomic E-state index is -0.982. The molecule has 0 aromatic rings. The molecule has 0 aliphatic rings. The maximum atomic E-state index is 11.6. The first-order chi connectivity index (χ1) is 8.54. The third-order valence-corrected chi connectivity index (χ3v) is 2.63. The van der Waals surface area contributed by atoms with Crippen LogP contribution in [-0.2, 0) is 9.59 Å². The minimum absolute atomic E-state index is 0.122. The van der Waals surface area contributed by atoms with Gasteiger partial charge in [-0.2, -0.15) is 0 Å². The largest absolute Gasteiger partial charge is 0.481 e. The molecule has 0 fully saturated rings. The Morgan fingerprint density at radius 1 is 1.21 bits per heavy atom. The van der Waals surface area contributed by atoms with Crippen LogP contribution in [0, 0.1) is 5.41 Å². The van der Waals surface area contributed by atoms with Gasteiger partial charge >= 0.3 is 12.0 Å². The number of hydrogen-bond acceptors (Lipinski definition) is 3. The van der Waals surface area contributed by atoms with Crippen molar-refractivity contribution in [1.29, 1.82) is 0 Å². The first-order valence-corrected chi connectivity index (χ1v) is 6.00. The van der Waals surface area contributed by atoms with Crippen molar-refractivity contribution in [2.24, 2.45) is 5.41 Å². The molecule has 0 rings (SSSR count). The number of carboxylic acids is 1. The Bertz CT molecular complexity index is 347. The summed E-state index contributed by atoms with van der Waals surface area (Å²) in [6, 6.07) is -1.06. The van der Waals surface area contributed by atoms with E-state index in [0.29, 0.717) is 0 Å². The summed E-state index contributed by atoms with van der Waals surface area (Å²) in [7, 11) is 3.18. The van der Waals surface area contributed by atoms with Gasteiger partial charge < -0.3 is 20.6 Å². The number of nitrogens with one attached hydrogen (secondary N) is 2. The van der Waals surface area contributed by atoms with E-state index in [4.69, 9.17) is 5.11 Å². The van der Waals surface area contributed by atoms with Gasteiger partial charge in [-0.1, -0.05) is 20.8 Å². The van der Waals surface area contributed by atoms with Crippen LogP contribution in [0.2, 0.25) is 0 Å². The Balaban J connectivity index is 4.40. The SMILES string of the molecule is CN(C)C(=O)CNC(=O)NC(CC(=O)O)C(C)(C)C. The predicted octanol–water partition coefficient (Wildman–Crippen LogP) is 0.263. The molecule has 1 atom stereocenters. The maximum absolute atomic E-state index is 11.6. The molecule has 0 heterocycles. The van der Waals surface area contributed by atoms with E-state index in [0.717, 1.165) is 0 Å². The molecule has 3 amide bonds. The van der Waals surface area contributed by atoms with E-state index in [-0.39, 0.29) is 24.3 Å². The first-order valence-electron chi connectivity index (χ1n) is 6.00. The van der Waals surface area contributed by atoms with Crippen LogP contribution < -0.4 is 10.6 Å². The monoisotopic (exact) mass is 273 g/mol. The molecule has 0 aromatic carbocycles. The number of aliphatic carboxylic acids is 1. The van der Waals surface area contributed by atoms with Crippen molar-refractivity contribution in [1.82, 2.24) is 15.5 Å². The Kier molecular flexibility index (Phi) is 6.31. The molecule has 0 spiro atoms. The molecule has 0 bridgehead atoms. The summed E-state index contributed by atoms with van der Waals surface area (Å²) < 4.78 is 0. The third-order valence-electron chi connectivity index (χ3n) is 2.63. The van der Waals surface area contributed by atoms with E-state index in [9.17, 15) is 14.4 Å². The Labute approximate surface area is 113 Å². The van der Waals surface area contributed by atoms with Gasteiger partial charge in [0.05, 0.1) is 13.0 Å². The second-order valence-electron chi connectivity index (χ2n) is 5.63. The highest BCUT2D eigenvalue weighted by Gasteiger charge is 2.28.